The highest BCUT2D eigenvalue weighted by Gasteiger charge is 2.31. The van der Waals surface area contributed by atoms with Gasteiger partial charge in [-0.25, -0.2) is 4.68 Å². The van der Waals surface area contributed by atoms with Gasteiger partial charge in [0.05, 0.1) is 25.5 Å². The summed E-state index contributed by atoms with van der Waals surface area (Å²) in [4.78, 5) is 15.0. The maximum absolute atomic E-state index is 13.2. The Balaban J connectivity index is 1.77. The van der Waals surface area contributed by atoms with Crippen molar-refractivity contribution in [2.24, 2.45) is 7.05 Å². The molecular formula is C17H19N3O3. The SMILES string of the molecule is Cc1nn(C)c2c1N(C(=O)c1cccc3c1CCOC3)CCO2. The van der Waals surface area contributed by atoms with E-state index >= 15 is 0 Å². The van der Waals surface area contributed by atoms with E-state index in [1.807, 2.05) is 32.2 Å². The van der Waals surface area contributed by atoms with E-state index in [1.165, 1.54) is 0 Å². The number of amides is 1. The van der Waals surface area contributed by atoms with E-state index < -0.39 is 0 Å². The summed E-state index contributed by atoms with van der Waals surface area (Å²) in [6.45, 7) is 4.17. The van der Waals surface area contributed by atoms with E-state index in [2.05, 4.69) is 5.10 Å². The van der Waals surface area contributed by atoms with Crippen molar-refractivity contribution in [3.63, 3.8) is 0 Å². The minimum atomic E-state index is 0.0180. The number of benzene rings is 1. The summed E-state index contributed by atoms with van der Waals surface area (Å²) in [5.41, 5.74) is 4.58. The number of hydrogen-bond acceptors (Lipinski definition) is 4. The van der Waals surface area contributed by atoms with Crippen LogP contribution < -0.4 is 9.64 Å². The van der Waals surface area contributed by atoms with Crippen molar-refractivity contribution >= 4 is 11.6 Å². The highest BCUT2D eigenvalue weighted by Crippen LogP contribution is 2.35. The second-order valence-corrected chi connectivity index (χ2v) is 5.91. The van der Waals surface area contributed by atoms with Crippen molar-refractivity contribution in [1.29, 1.82) is 0 Å². The molecule has 0 fully saturated rings. The molecule has 120 valence electrons. The Morgan fingerprint density at radius 3 is 3.04 bits per heavy atom. The predicted molar refractivity (Wildman–Crippen MR) is 84.9 cm³/mol. The van der Waals surface area contributed by atoms with Gasteiger partial charge in [-0.2, -0.15) is 5.10 Å². The first-order valence-electron chi connectivity index (χ1n) is 7.83. The van der Waals surface area contributed by atoms with Gasteiger partial charge in [0.25, 0.3) is 5.91 Å². The zero-order chi connectivity index (χ0) is 16.0. The Hall–Kier alpha value is -2.34. The fraction of sp³-hybridized carbons (Fsp3) is 0.412. The molecule has 6 nitrogen and oxygen atoms in total. The molecule has 2 aliphatic rings. The summed E-state index contributed by atoms with van der Waals surface area (Å²) in [5, 5.41) is 4.38. The molecule has 1 aromatic heterocycles. The Morgan fingerprint density at radius 2 is 2.17 bits per heavy atom. The predicted octanol–water partition coefficient (Wildman–Crippen LogP) is 1.84. The molecule has 1 amide bonds. The van der Waals surface area contributed by atoms with E-state index in [4.69, 9.17) is 9.47 Å². The van der Waals surface area contributed by atoms with Crippen LogP contribution in [-0.4, -0.2) is 35.4 Å². The van der Waals surface area contributed by atoms with E-state index in [1.54, 1.807) is 9.58 Å². The molecule has 0 bridgehead atoms. The fourth-order valence-corrected chi connectivity index (χ4v) is 3.41. The van der Waals surface area contributed by atoms with Crippen LogP contribution in [0, 0.1) is 6.92 Å². The molecule has 3 heterocycles. The van der Waals surface area contributed by atoms with Gasteiger partial charge in [0.15, 0.2) is 0 Å². The number of aryl methyl sites for hydroxylation is 2. The molecule has 1 aromatic carbocycles. The van der Waals surface area contributed by atoms with Gasteiger partial charge in [0.2, 0.25) is 5.88 Å². The summed E-state index contributed by atoms with van der Waals surface area (Å²) in [6.07, 6.45) is 0.778. The van der Waals surface area contributed by atoms with Gasteiger partial charge in [-0.15, -0.1) is 0 Å². The van der Waals surface area contributed by atoms with Gasteiger partial charge in [0.1, 0.15) is 12.3 Å². The smallest absolute Gasteiger partial charge is 0.258 e. The number of aromatic nitrogens is 2. The van der Waals surface area contributed by atoms with Gasteiger partial charge in [-0.3, -0.25) is 9.69 Å². The molecule has 0 saturated carbocycles. The van der Waals surface area contributed by atoms with Crippen molar-refractivity contribution in [2.75, 3.05) is 24.7 Å². The van der Waals surface area contributed by atoms with Crippen LogP contribution in [0.4, 0.5) is 5.69 Å². The van der Waals surface area contributed by atoms with E-state index in [0.717, 1.165) is 34.5 Å². The topological polar surface area (TPSA) is 56.6 Å². The minimum absolute atomic E-state index is 0.0180. The van der Waals surface area contributed by atoms with Crippen molar-refractivity contribution in [3.8, 4) is 5.88 Å². The zero-order valence-corrected chi connectivity index (χ0v) is 13.3. The fourth-order valence-electron chi connectivity index (χ4n) is 3.41. The second-order valence-electron chi connectivity index (χ2n) is 5.91. The summed E-state index contributed by atoms with van der Waals surface area (Å²) in [5.74, 6) is 0.680. The number of anilines is 1. The molecule has 0 spiro atoms. The number of carbonyl (C=O) groups excluding carboxylic acids is 1. The van der Waals surface area contributed by atoms with Crippen molar-refractivity contribution in [2.45, 2.75) is 20.0 Å². The highest BCUT2D eigenvalue weighted by molar-refractivity contribution is 6.08. The lowest BCUT2D eigenvalue weighted by Gasteiger charge is -2.29. The number of nitrogens with zero attached hydrogens (tertiary/aromatic N) is 3. The largest absolute Gasteiger partial charge is 0.474 e. The molecule has 0 N–H and O–H groups in total. The summed E-state index contributed by atoms with van der Waals surface area (Å²) in [7, 11) is 1.83. The van der Waals surface area contributed by atoms with Crippen LogP contribution in [0.3, 0.4) is 0 Å². The number of carbonyl (C=O) groups is 1. The molecule has 0 unspecified atom stereocenters. The molecule has 23 heavy (non-hydrogen) atoms. The molecule has 2 aliphatic heterocycles. The van der Waals surface area contributed by atoms with Crippen LogP contribution in [0.2, 0.25) is 0 Å². The number of fused-ring (bicyclic) bond motifs is 2. The third kappa shape index (κ3) is 2.21. The molecule has 0 atom stereocenters. The zero-order valence-electron chi connectivity index (χ0n) is 13.3. The average molecular weight is 313 g/mol. The summed E-state index contributed by atoms with van der Waals surface area (Å²) >= 11 is 0. The van der Waals surface area contributed by atoms with Crippen molar-refractivity contribution in [3.05, 3.63) is 40.6 Å². The Bertz CT molecular complexity index is 782. The molecule has 0 radical (unpaired) electrons. The lowest BCUT2D eigenvalue weighted by atomic mass is 9.96. The Morgan fingerprint density at radius 1 is 1.30 bits per heavy atom. The van der Waals surface area contributed by atoms with Crippen LogP contribution in [0.25, 0.3) is 0 Å². The highest BCUT2D eigenvalue weighted by atomic mass is 16.5. The van der Waals surface area contributed by atoms with Gasteiger partial charge in [-0.1, -0.05) is 12.1 Å². The first kappa shape index (κ1) is 14.3. The van der Waals surface area contributed by atoms with Crippen LogP contribution >= 0.6 is 0 Å². The van der Waals surface area contributed by atoms with Crippen LogP contribution in [0.1, 0.15) is 27.2 Å². The van der Waals surface area contributed by atoms with Gasteiger partial charge in [-0.05, 0) is 30.5 Å². The van der Waals surface area contributed by atoms with Crippen LogP contribution in [-0.2, 0) is 24.8 Å². The van der Waals surface area contributed by atoms with Crippen molar-refractivity contribution < 1.29 is 14.3 Å². The quantitative estimate of drug-likeness (QED) is 0.806. The van der Waals surface area contributed by atoms with Crippen LogP contribution in [0.5, 0.6) is 5.88 Å². The molecular weight excluding hydrogens is 294 g/mol. The molecule has 4 rings (SSSR count). The lowest BCUT2D eigenvalue weighted by Crippen LogP contribution is -2.39. The Kier molecular flexibility index (Phi) is 3.34. The normalized spacial score (nSPS) is 16.5. The van der Waals surface area contributed by atoms with E-state index in [0.29, 0.717) is 32.2 Å². The average Bonchev–Trinajstić information content (AvgIpc) is 2.88. The third-order valence-corrected chi connectivity index (χ3v) is 4.47. The lowest BCUT2D eigenvalue weighted by molar-refractivity contribution is 0.0962. The number of hydrogen-bond donors (Lipinski definition) is 0. The first-order valence-corrected chi connectivity index (χ1v) is 7.83. The molecule has 0 aliphatic carbocycles. The molecule has 2 aromatic rings. The standard InChI is InChI=1S/C17H19N3O3/c1-11-15-17(19(2)18-11)23-9-7-20(15)16(21)14-5-3-4-12-10-22-8-6-13(12)14/h3-5H,6-10H2,1-2H3. The van der Waals surface area contributed by atoms with E-state index in [9.17, 15) is 4.79 Å². The minimum Gasteiger partial charge on any atom is -0.474 e. The summed E-state index contributed by atoms with van der Waals surface area (Å²) < 4.78 is 12.9. The van der Waals surface area contributed by atoms with Gasteiger partial charge >= 0.3 is 0 Å². The second kappa shape index (κ2) is 5.38. The maximum atomic E-state index is 13.2. The first-order chi connectivity index (χ1) is 11.2. The Labute approximate surface area is 134 Å². The molecule has 0 saturated heterocycles. The van der Waals surface area contributed by atoms with Gasteiger partial charge in [0, 0.05) is 12.6 Å². The molecule has 6 heteroatoms. The number of ether oxygens (including phenoxy) is 2. The summed E-state index contributed by atoms with van der Waals surface area (Å²) in [6, 6.07) is 5.87. The third-order valence-electron chi connectivity index (χ3n) is 4.47. The van der Waals surface area contributed by atoms with E-state index in [-0.39, 0.29) is 5.91 Å². The maximum Gasteiger partial charge on any atom is 0.258 e. The number of rotatable bonds is 1. The van der Waals surface area contributed by atoms with Crippen molar-refractivity contribution in [1.82, 2.24) is 9.78 Å². The van der Waals surface area contributed by atoms with Gasteiger partial charge < -0.3 is 9.47 Å². The monoisotopic (exact) mass is 313 g/mol. The van der Waals surface area contributed by atoms with Crippen LogP contribution in [0.15, 0.2) is 18.2 Å².